The van der Waals surface area contributed by atoms with Gasteiger partial charge in [-0.2, -0.15) is 0 Å². The average Bonchev–Trinajstić information content (AvgIpc) is 3.68. The standard InChI is InChI=1S/C35H34F3N3O3S2/c1-20-16-21(2)31(22(3)17-20)39-33(43)32(28-9-8-27(46-28)25-6-4-5-7-26(25)36)41(13-11-24-10-12-35(24,37)38)34(44)23-18-29(42)40-14-15-45-30(40)19-23/h4-9,16-19,24,32H,10-15H2,1-3H3,(H,39,43). The Kier molecular flexibility index (Phi) is 8.91. The Balaban J connectivity index is 1.45. The van der Waals surface area contributed by atoms with Crippen molar-refractivity contribution in [2.45, 2.75) is 63.6 Å². The van der Waals surface area contributed by atoms with E-state index in [1.807, 2.05) is 32.9 Å². The van der Waals surface area contributed by atoms with E-state index < -0.39 is 35.5 Å². The molecule has 0 bridgehead atoms. The van der Waals surface area contributed by atoms with Gasteiger partial charge in [0.1, 0.15) is 11.9 Å². The summed E-state index contributed by atoms with van der Waals surface area (Å²) in [5.74, 6) is -4.63. The van der Waals surface area contributed by atoms with E-state index in [-0.39, 0.29) is 30.5 Å². The lowest BCUT2D eigenvalue weighted by molar-refractivity contribution is -0.136. The lowest BCUT2D eigenvalue weighted by atomic mass is 9.78. The van der Waals surface area contributed by atoms with Crippen molar-refractivity contribution in [1.82, 2.24) is 9.47 Å². The first-order valence-electron chi connectivity index (χ1n) is 15.2. The Morgan fingerprint density at radius 1 is 1.07 bits per heavy atom. The average molecular weight is 666 g/mol. The molecule has 3 heterocycles. The molecular formula is C35H34F3N3O3S2. The molecule has 2 aromatic carbocycles. The predicted molar refractivity (Wildman–Crippen MR) is 176 cm³/mol. The number of halogens is 3. The van der Waals surface area contributed by atoms with E-state index in [1.54, 1.807) is 41.0 Å². The van der Waals surface area contributed by atoms with Gasteiger partial charge in [-0.25, -0.2) is 13.2 Å². The number of benzene rings is 2. The third kappa shape index (κ3) is 6.27. The third-order valence-corrected chi connectivity index (χ3v) is 11.0. The number of amides is 2. The molecular weight excluding hydrogens is 632 g/mol. The number of alkyl halides is 2. The Hall–Kier alpha value is -3.83. The van der Waals surface area contributed by atoms with Crippen LogP contribution in [-0.4, -0.2) is 39.5 Å². The number of fused-ring (bicyclic) bond motifs is 1. The molecule has 6 rings (SSSR count). The number of nitrogens with one attached hydrogen (secondary N) is 1. The maximum Gasteiger partial charge on any atom is 0.255 e. The van der Waals surface area contributed by atoms with Crippen molar-refractivity contribution >= 4 is 40.6 Å². The third-order valence-electron chi connectivity index (χ3n) is 8.83. The number of nitrogens with zero attached hydrogens (tertiary/aromatic N) is 2. The summed E-state index contributed by atoms with van der Waals surface area (Å²) < 4.78 is 45.3. The molecule has 1 N–H and O–H groups in total. The first-order chi connectivity index (χ1) is 21.9. The smallest absolute Gasteiger partial charge is 0.255 e. The number of rotatable bonds is 9. The van der Waals surface area contributed by atoms with Crippen molar-refractivity contribution < 1.29 is 22.8 Å². The monoisotopic (exact) mass is 665 g/mol. The number of carbonyl (C=O) groups is 2. The number of aromatic nitrogens is 1. The second-order valence-corrected chi connectivity index (χ2v) is 14.3. The zero-order valence-electron chi connectivity index (χ0n) is 25.7. The van der Waals surface area contributed by atoms with E-state index in [9.17, 15) is 27.6 Å². The van der Waals surface area contributed by atoms with Crippen LogP contribution in [0, 0.1) is 32.5 Å². The van der Waals surface area contributed by atoms with Crippen molar-refractivity contribution in [3.05, 3.63) is 104 Å². The highest BCUT2D eigenvalue weighted by atomic mass is 32.2. The molecule has 2 aromatic heterocycles. The molecule has 2 atom stereocenters. The first kappa shape index (κ1) is 32.1. The molecule has 1 aliphatic carbocycles. The van der Waals surface area contributed by atoms with Gasteiger partial charge in [-0.05, 0) is 69.0 Å². The molecule has 4 aromatic rings. The number of carbonyl (C=O) groups excluding carboxylic acids is 2. The number of thiophene rings is 1. The fourth-order valence-corrected chi connectivity index (χ4v) is 8.48. The van der Waals surface area contributed by atoms with Gasteiger partial charge in [0, 0.05) is 63.8 Å². The van der Waals surface area contributed by atoms with E-state index >= 15 is 0 Å². The van der Waals surface area contributed by atoms with Crippen LogP contribution in [-0.2, 0) is 11.3 Å². The van der Waals surface area contributed by atoms with Crippen LogP contribution in [0.4, 0.5) is 18.9 Å². The Labute approximate surface area is 273 Å². The minimum absolute atomic E-state index is 0.0185. The summed E-state index contributed by atoms with van der Waals surface area (Å²) in [6.45, 7) is 6.11. The van der Waals surface area contributed by atoms with Gasteiger partial charge in [-0.15, -0.1) is 23.1 Å². The second kappa shape index (κ2) is 12.8. The van der Waals surface area contributed by atoms with Gasteiger partial charge in [0.05, 0.1) is 5.03 Å². The molecule has 1 aliphatic heterocycles. The van der Waals surface area contributed by atoms with Gasteiger partial charge in [0.2, 0.25) is 0 Å². The summed E-state index contributed by atoms with van der Waals surface area (Å²) in [7, 11) is 0. The van der Waals surface area contributed by atoms with E-state index in [1.165, 1.54) is 28.8 Å². The van der Waals surface area contributed by atoms with Crippen LogP contribution in [0.5, 0.6) is 0 Å². The number of hydrogen-bond acceptors (Lipinski definition) is 5. The number of aryl methyl sites for hydroxylation is 3. The van der Waals surface area contributed by atoms with Gasteiger partial charge < -0.3 is 14.8 Å². The summed E-state index contributed by atoms with van der Waals surface area (Å²) >= 11 is 2.62. The van der Waals surface area contributed by atoms with E-state index in [0.717, 1.165) is 28.0 Å². The quantitative estimate of drug-likeness (QED) is 0.197. The normalized spacial score (nSPS) is 17.2. The number of anilines is 1. The van der Waals surface area contributed by atoms with Crippen molar-refractivity contribution in [3.63, 3.8) is 0 Å². The van der Waals surface area contributed by atoms with Crippen molar-refractivity contribution in [2.24, 2.45) is 5.92 Å². The minimum atomic E-state index is -2.84. The van der Waals surface area contributed by atoms with Crippen LogP contribution in [0.3, 0.4) is 0 Å². The first-order valence-corrected chi connectivity index (χ1v) is 17.0. The van der Waals surface area contributed by atoms with Gasteiger partial charge in [-0.1, -0.05) is 35.9 Å². The maximum absolute atomic E-state index is 14.8. The highest BCUT2D eigenvalue weighted by molar-refractivity contribution is 7.99. The summed E-state index contributed by atoms with van der Waals surface area (Å²) in [6, 6.07) is 15.2. The number of thioether (sulfide) groups is 1. The molecule has 0 saturated heterocycles. The van der Waals surface area contributed by atoms with Crippen LogP contribution in [0.15, 0.2) is 70.5 Å². The molecule has 240 valence electrons. The summed E-state index contributed by atoms with van der Waals surface area (Å²) in [5, 5.41) is 3.66. The molecule has 0 radical (unpaired) electrons. The molecule has 1 saturated carbocycles. The van der Waals surface area contributed by atoms with Gasteiger partial charge in [0.15, 0.2) is 0 Å². The van der Waals surface area contributed by atoms with Gasteiger partial charge in [-0.3, -0.25) is 14.4 Å². The molecule has 2 aliphatic rings. The topological polar surface area (TPSA) is 71.4 Å². The largest absolute Gasteiger partial charge is 0.323 e. The van der Waals surface area contributed by atoms with Crippen LogP contribution < -0.4 is 10.9 Å². The van der Waals surface area contributed by atoms with Crippen LogP contribution in [0.1, 0.15) is 57.2 Å². The summed E-state index contributed by atoms with van der Waals surface area (Å²) in [4.78, 5) is 44.1. The number of pyridine rings is 1. The van der Waals surface area contributed by atoms with E-state index in [4.69, 9.17) is 0 Å². The maximum atomic E-state index is 14.8. The summed E-state index contributed by atoms with van der Waals surface area (Å²) in [6.07, 6.45) is 0.0908. The molecule has 6 nitrogen and oxygen atoms in total. The van der Waals surface area contributed by atoms with Crippen molar-refractivity contribution in [3.8, 4) is 10.4 Å². The zero-order chi connectivity index (χ0) is 32.7. The summed E-state index contributed by atoms with van der Waals surface area (Å²) in [5.41, 5.74) is 3.39. The molecule has 11 heteroatoms. The Bertz CT molecular complexity index is 1860. The van der Waals surface area contributed by atoms with E-state index in [2.05, 4.69) is 5.32 Å². The lowest BCUT2D eigenvalue weighted by Crippen LogP contribution is -2.45. The Morgan fingerprint density at radius 2 is 1.80 bits per heavy atom. The zero-order valence-corrected chi connectivity index (χ0v) is 27.4. The molecule has 1 fully saturated rings. The van der Waals surface area contributed by atoms with E-state index in [0.29, 0.717) is 44.7 Å². The molecule has 46 heavy (non-hydrogen) atoms. The van der Waals surface area contributed by atoms with Crippen LogP contribution in [0.2, 0.25) is 0 Å². The highest BCUT2D eigenvalue weighted by Gasteiger charge is 2.48. The van der Waals surface area contributed by atoms with Crippen molar-refractivity contribution in [1.29, 1.82) is 0 Å². The van der Waals surface area contributed by atoms with Gasteiger partial charge in [0.25, 0.3) is 23.3 Å². The van der Waals surface area contributed by atoms with Crippen LogP contribution >= 0.6 is 23.1 Å². The Morgan fingerprint density at radius 3 is 2.48 bits per heavy atom. The number of hydrogen-bond donors (Lipinski definition) is 1. The highest BCUT2D eigenvalue weighted by Crippen LogP contribution is 2.46. The van der Waals surface area contributed by atoms with Gasteiger partial charge >= 0.3 is 0 Å². The van der Waals surface area contributed by atoms with Crippen molar-refractivity contribution in [2.75, 3.05) is 17.6 Å². The molecule has 2 unspecified atom stereocenters. The van der Waals surface area contributed by atoms with Crippen LogP contribution in [0.25, 0.3) is 10.4 Å². The fraction of sp³-hybridized carbons (Fsp3) is 0.343. The molecule has 2 amide bonds. The lowest BCUT2D eigenvalue weighted by Gasteiger charge is -2.38. The predicted octanol–water partition coefficient (Wildman–Crippen LogP) is 8.00. The fourth-order valence-electron chi connectivity index (χ4n) is 6.31. The minimum Gasteiger partial charge on any atom is -0.323 e. The SMILES string of the molecule is Cc1cc(C)c(NC(=O)C(c2ccc(-c3ccccc3F)s2)N(CCC2CCC2(F)F)C(=O)c2cc3n(c(=O)c2)CCS3)c(C)c1. The second-order valence-electron chi connectivity index (χ2n) is 12.1. The molecule has 0 spiro atoms.